The van der Waals surface area contributed by atoms with Gasteiger partial charge in [-0.05, 0) is 136 Å². The quantitative estimate of drug-likeness (QED) is 0.0634. The van der Waals surface area contributed by atoms with E-state index in [2.05, 4.69) is 63.5 Å². The van der Waals surface area contributed by atoms with E-state index in [1.807, 2.05) is 0 Å². The lowest BCUT2D eigenvalue weighted by molar-refractivity contribution is -0.140. The highest BCUT2D eigenvalue weighted by Gasteiger charge is 2.38. The molecule has 0 bridgehead atoms. The number of ether oxygens (including phenoxy) is 2. The van der Waals surface area contributed by atoms with Gasteiger partial charge in [0.15, 0.2) is 0 Å². The second kappa shape index (κ2) is 19.5. The molecule has 0 aromatic rings. The number of esters is 2. The molecule has 52 heavy (non-hydrogen) atoms. The molecule has 0 saturated carbocycles. The Labute approximate surface area is 315 Å². The second-order valence-corrected chi connectivity index (χ2v) is 17.1. The molecule has 2 heterocycles. The summed E-state index contributed by atoms with van der Waals surface area (Å²) in [5, 5.41) is 20.4. The molecule has 0 aromatic carbocycles. The van der Waals surface area contributed by atoms with E-state index in [4.69, 9.17) is 9.47 Å². The number of hydrogen-bond donors (Lipinski definition) is 0. The predicted molar refractivity (Wildman–Crippen MR) is 206 cm³/mol. The molecule has 2 aliphatic heterocycles. The van der Waals surface area contributed by atoms with Crippen molar-refractivity contribution in [2.45, 2.75) is 157 Å². The standard InChI is InChI=1S/C44H66N4O4/c1-7-9-19-33-35(27-43(3,4)29-39(33)47-21-13-14-22-47)37(31-45)41(49)51-25-17-11-12-18-26-52-42(50)38(32-46)36-28-44(5,6)30-40(34(36)20-10-8-2)48-23-15-16-24-48/h7-30H2,1-6H3/b37-35+,38-36+. The molecule has 0 spiro atoms. The first-order valence-corrected chi connectivity index (χ1v) is 20.5. The Hall–Kier alpha value is -3.52. The number of carbonyl (C=O) groups is 2. The van der Waals surface area contributed by atoms with Crippen LogP contribution in [0.4, 0.5) is 0 Å². The fourth-order valence-corrected chi connectivity index (χ4v) is 8.62. The van der Waals surface area contributed by atoms with Gasteiger partial charge in [0.05, 0.1) is 13.2 Å². The molecule has 2 saturated heterocycles. The van der Waals surface area contributed by atoms with E-state index in [0.717, 1.165) is 102 Å². The van der Waals surface area contributed by atoms with Crippen LogP contribution in [-0.2, 0) is 19.1 Å². The van der Waals surface area contributed by atoms with E-state index in [1.54, 1.807) is 0 Å². The SMILES string of the molecule is CCCCC1=C(N2CCCC2)CC(C)(C)C/C1=C(/C#N)C(=O)OCCCCCCOC(=O)/C(C#N)=C1\CC(C)(C)CC(N2CCCC2)=C1CCCC. The minimum atomic E-state index is -0.512. The monoisotopic (exact) mass is 715 g/mol. The van der Waals surface area contributed by atoms with E-state index in [0.29, 0.717) is 25.7 Å². The number of likely N-dealkylation sites (tertiary alicyclic amines) is 2. The predicted octanol–water partition coefficient (Wildman–Crippen LogP) is 9.99. The Morgan fingerprint density at radius 3 is 1.29 bits per heavy atom. The number of rotatable bonds is 17. The van der Waals surface area contributed by atoms with Gasteiger partial charge in [0.1, 0.15) is 23.3 Å². The molecule has 0 unspecified atom stereocenters. The minimum absolute atomic E-state index is 0.0309. The molecule has 4 aliphatic rings. The summed E-state index contributed by atoms with van der Waals surface area (Å²) >= 11 is 0. The molecular formula is C44H66N4O4. The summed E-state index contributed by atoms with van der Waals surface area (Å²) in [6, 6.07) is 4.50. The molecule has 0 radical (unpaired) electrons. The normalized spacial score (nSPS) is 21.9. The van der Waals surface area contributed by atoms with Crippen LogP contribution in [0.5, 0.6) is 0 Å². The summed E-state index contributed by atoms with van der Waals surface area (Å²) in [5.41, 5.74) is 7.14. The molecule has 4 rings (SSSR count). The highest BCUT2D eigenvalue weighted by Crippen LogP contribution is 2.48. The first-order chi connectivity index (χ1) is 24.9. The van der Waals surface area contributed by atoms with Gasteiger partial charge in [-0.2, -0.15) is 10.5 Å². The summed E-state index contributed by atoms with van der Waals surface area (Å²) in [6.07, 6.45) is 17.0. The van der Waals surface area contributed by atoms with Gasteiger partial charge in [-0.1, -0.05) is 54.4 Å². The zero-order valence-electron chi connectivity index (χ0n) is 33.4. The Balaban J connectivity index is 1.32. The van der Waals surface area contributed by atoms with E-state index >= 15 is 0 Å². The largest absolute Gasteiger partial charge is 0.462 e. The average Bonchev–Trinajstić information content (AvgIpc) is 3.84. The number of nitrogens with zero attached hydrogens (tertiary/aromatic N) is 4. The van der Waals surface area contributed by atoms with Crippen molar-refractivity contribution in [3.8, 4) is 12.1 Å². The van der Waals surface area contributed by atoms with Gasteiger partial charge >= 0.3 is 11.9 Å². The van der Waals surface area contributed by atoms with Crippen molar-refractivity contribution < 1.29 is 19.1 Å². The summed E-state index contributed by atoms with van der Waals surface area (Å²) in [5.74, 6) is -1.02. The zero-order chi connectivity index (χ0) is 37.7. The molecule has 2 fully saturated rings. The van der Waals surface area contributed by atoms with Gasteiger partial charge in [-0.25, -0.2) is 9.59 Å². The van der Waals surface area contributed by atoms with E-state index in [-0.39, 0.29) is 35.2 Å². The van der Waals surface area contributed by atoms with Crippen molar-refractivity contribution in [1.29, 1.82) is 10.5 Å². The lowest BCUT2D eigenvalue weighted by atomic mass is 9.71. The molecule has 0 aromatic heterocycles. The van der Waals surface area contributed by atoms with Gasteiger partial charge in [-0.15, -0.1) is 0 Å². The van der Waals surface area contributed by atoms with Crippen LogP contribution in [0.1, 0.15) is 157 Å². The van der Waals surface area contributed by atoms with Crippen molar-refractivity contribution in [1.82, 2.24) is 9.80 Å². The highest BCUT2D eigenvalue weighted by atomic mass is 16.5. The molecule has 0 amide bonds. The number of carbonyl (C=O) groups excluding carboxylic acids is 2. The number of unbranched alkanes of at least 4 members (excludes halogenated alkanes) is 5. The second-order valence-electron chi connectivity index (χ2n) is 17.1. The van der Waals surface area contributed by atoms with Crippen LogP contribution in [0.15, 0.2) is 44.8 Å². The molecule has 0 N–H and O–H groups in total. The lowest BCUT2D eigenvalue weighted by Gasteiger charge is -2.39. The van der Waals surface area contributed by atoms with Crippen LogP contribution in [0.3, 0.4) is 0 Å². The van der Waals surface area contributed by atoms with E-state index < -0.39 is 11.9 Å². The van der Waals surface area contributed by atoms with Crippen LogP contribution in [0, 0.1) is 33.5 Å². The molecule has 0 atom stereocenters. The Morgan fingerprint density at radius 2 is 0.962 bits per heavy atom. The van der Waals surface area contributed by atoms with Crippen molar-refractivity contribution in [3.05, 3.63) is 44.8 Å². The Bertz CT molecular complexity index is 1370. The number of allylic oxidation sites excluding steroid dienone is 6. The maximum absolute atomic E-state index is 13.3. The van der Waals surface area contributed by atoms with E-state index in [1.165, 1.54) is 48.2 Å². The third-order valence-electron chi connectivity index (χ3n) is 11.3. The molecular weight excluding hydrogens is 649 g/mol. The number of nitriles is 2. The molecule has 286 valence electrons. The van der Waals surface area contributed by atoms with Crippen molar-refractivity contribution >= 4 is 11.9 Å². The topological polar surface area (TPSA) is 107 Å². The fourth-order valence-electron chi connectivity index (χ4n) is 8.62. The van der Waals surface area contributed by atoms with Crippen molar-refractivity contribution in [2.24, 2.45) is 10.8 Å². The highest BCUT2D eigenvalue weighted by molar-refractivity contribution is 5.95. The van der Waals surface area contributed by atoms with Crippen molar-refractivity contribution in [3.63, 3.8) is 0 Å². The molecule has 8 heteroatoms. The average molecular weight is 715 g/mol. The summed E-state index contributed by atoms with van der Waals surface area (Å²) in [4.78, 5) is 31.7. The van der Waals surface area contributed by atoms with E-state index in [9.17, 15) is 20.1 Å². The lowest BCUT2D eigenvalue weighted by Crippen LogP contribution is -2.31. The van der Waals surface area contributed by atoms with Gasteiger partial charge in [-0.3, -0.25) is 0 Å². The first-order valence-electron chi connectivity index (χ1n) is 20.5. The van der Waals surface area contributed by atoms with Gasteiger partial charge in [0.2, 0.25) is 0 Å². The summed E-state index contributed by atoms with van der Waals surface area (Å²) < 4.78 is 11.4. The summed E-state index contributed by atoms with van der Waals surface area (Å²) in [7, 11) is 0. The van der Waals surface area contributed by atoms with Gasteiger partial charge < -0.3 is 19.3 Å². The smallest absolute Gasteiger partial charge is 0.349 e. The molecule has 2 aliphatic carbocycles. The maximum Gasteiger partial charge on any atom is 0.349 e. The van der Waals surface area contributed by atoms with Crippen LogP contribution >= 0.6 is 0 Å². The third kappa shape index (κ3) is 11.0. The Kier molecular flexibility index (Phi) is 15.5. The van der Waals surface area contributed by atoms with Crippen LogP contribution < -0.4 is 0 Å². The van der Waals surface area contributed by atoms with Crippen LogP contribution in [0.25, 0.3) is 0 Å². The number of hydrogen-bond acceptors (Lipinski definition) is 8. The van der Waals surface area contributed by atoms with Crippen LogP contribution in [0.2, 0.25) is 0 Å². The van der Waals surface area contributed by atoms with Gasteiger partial charge in [0, 0.05) is 37.6 Å². The minimum Gasteiger partial charge on any atom is -0.462 e. The maximum atomic E-state index is 13.3. The summed E-state index contributed by atoms with van der Waals surface area (Å²) in [6.45, 7) is 18.0. The molecule has 8 nitrogen and oxygen atoms in total. The fraction of sp³-hybridized carbons (Fsp3) is 0.727. The van der Waals surface area contributed by atoms with Crippen LogP contribution in [-0.4, -0.2) is 61.1 Å². The zero-order valence-corrected chi connectivity index (χ0v) is 33.4. The van der Waals surface area contributed by atoms with Crippen molar-refractivity contribution in [2.75, 3.05) is 39.4 Å². The first kappa shape index (κ1) is 41.2. The Morgan fingerprint density at radius 1 is 0.596 bits per heavy atom. The van der Waals surface area contributed by atoms with Gasteiger partial charge in [0.25, 0.3) is 0 Å². The third-order valence-corrected chi connectivity index (χ3v) is 11.3.